The van der Waals surface area contributed by atoms with E-state index in [1.54, 1.807) is 4.52 Å². The van der Waals surface area contributed by atoms with Crippen LogP contribution in [0.3, 0.4) is 0 Å². The Morgan fingerprint density at radius 2 is 1.95 bits per heavy atom. The molecule has 0 unspecified atom stereocenters. The second-order valence-corrected chi connectivity index (χ2v) is 6.57. The van der Waals surface area contributed by atoms with Crippen molar-refractivity contribution in [2.45, 2.75) is 6.92 Å². The molecule has 0 saturated carbocycles. The molecule has 4 rings (SSSR count). The molecule has 4 nitrogen and oxygen atoms in total. The standard InChI is InChI=1S/C15H10BrN3OS/c1-9-8-19-14(17-9)21-15(18-19)20-13-5-3-10-6-12(16)4-2-11(10)7-13/h2-8H,1H3. The molecule has 0 atom stereocenters. The average Bonchev–Trinajstić information content (AvgIpc) is 2.95. The van der Waals surface area contributed by atoms with Gasteiger partial charge in [0.15, 0.2) is 0 Å². The van der Waals surface area contributed by atoms with E-state index in [0.717, 1.165) is 26.3 Å². The quantitative estimate of drug-likeness (QED) is 0.515. The Hall–Kier alpha value is -1.92. The number of benzene rings is 2. The first kappa shape index (κ1) is 12.8. The van der Waals surface area contributed by atoms with E-state index < -0.39 is 0 Å². The first-order valence-electron chi connectivity index (χ1n) is 6.37. The second kappa shape index (κ2) is 4.82. The third-order valence-corrected chi connectivity index (χ3v) is 4.42. The highest BCUT2D eigenvalue weighted by Crippen LogP contribution is 2.30. The smallest absolute Gasteiger partial charge is 0.299 e. The van der Waals surface area contributed by atoms with Crippen molar-refractivity contribution >= 4 is 43.0 Å². The first-order chi connectivity index (χ1) is 10.2. The van der Waals surface area contributed by atoms with Crippen molar-refractivity contribution in [3.63, 3.8) is 0 Å². The number of rotatable bonds is 2. The van der Waals surface area contributed by atoms with Gasteiger partial charge in [0, 0.05) is 4.47 Å². The molecule has 2 heterocycles. The van der Waals surface area contributed by atoms with Crippen LogP contribution in [0.5, 0.6) is 10.9 Å². The van der Waals surface area contributed by atoms with Gasteiger partial charge in [-0.05, 0) is 53.3 Å². The molecule has 0 aliphatic heterocycles. The van der Waals surface area contributed by atoms with Crippen molar-refractivity contribution in [2.75, 3.05) is 0 Å². The molecule has 0 N–H and O–H groups in total. The third-order valence-electron chi connectivity index (χ3n) is 3.12. The highest BCUT2D eigenvalue weighted by atomic mass is 79.9. The van der Waals surface area contributed by atoms with Crippen molar-refractivity contribution in [2.24, 2.45) is 0 Å². The van der Waals surface area contributed by atoms with Crippen LogP contribution in [0.4, 0.5) is 0 Å². The van der Waals surface area contributed by atoms with E-state index in [9.17, 15) is 0 Å². The number of hydrogen-bond donors (Lipinski definition) is 0. The van der Waals surface area contributed by atoms with Crippen molar-refractivity contribution in [3.05, 3.63) is 52.8 Å². The van der Waals surface area contributed by atoms with Crippen LogP contribution in [0.15, 0.2) is 47.1 Å². The first-order valence-corrected chi connectivity index (χ1v) is 7.98. The minimum absolute atomic E-state index is 0.592. The highest BCUT2D eigenvalue weighted by Gasteiger charge is 2.08. The SMILES string of the molecule is Cc1cn2nc(Oc3ccc4cc(Br)ccc4c3)sc2n1. The number of hydrogen-bond acceptors (Lipinski definition) is 4. The summed E-state index contributed by atoms with van der Waals surface area (Å²) in [6.45, 7) is 1.95. The molecule has 21 heavy (non-hydrogen) atoms. The lowest BCUT2D eigenvalue weighted by molar-refractivity contribution is 0.471. The Bertz CT molecular complexity index is 929. The summed E-state index contributed by atoms with van der Waals surface area (Å²) in [5, 5.41) is 7.26. The van der Waals surface area contributed by atoms with Crippen molar-refractivity contribution in [1.82, 2.24) is 14.6 Å². The van der Waals surface area contributed by atoms with Crippen LogP contribution in [0, 0.1) is 6.92 Å². The Balaban J connectivity index is 1.69. The van der Waals surface area contributed by atoms with Crippen LogP contribution in [-0.2, 0) is 0 Å². The highest BCUT2D eigenvalue weighted by molar-refractivity contribution is 9.10. The van der Waals surface area contributed by atoms with Gasteiger partial charge in [0.05, 0.1) is 11.9 Å². The normalized spacial score (nSPS) is 11.3. The predicted octanol–water partition coefficient (Wildman–Crippen LogP) is 4.81. The summed E-state index contributed by atoms with van der Waals surface area (Å²) >= 11 is 4.91. The molecule has 2 aromatic heterocycles. The molecule has 0 amide bonds. The number of aromatic nitrogens is 3. The van der Waals surface area contributed by atoms with E-state index in [-0.39, 0.29) is 0 Å². The fourth-order valence-electron chi connectivity index (χ4n) is 2.19. The summed E-state index contributed by atoms with van der Waals surface area (Å²) in [6, 6.07) is 12.2. The van der Waals surface area contributed by atoms with Crippen LogP contribution in [0.25, 0.3) is 15.7 Å². The van der Waals surface area contributed by atoms with Crippen molar-refractivity contribution in [3.8, 4) is 10.9 Å². The summed E-state index contributed by atoms with van der Waals surface area (Å²) in [6.07, 6.45) is 1.89. The van der Waals surface area contributed by atoms with Crippen molar-refractivity contribution < 1.29 is 4.74 Å². The molecule has 0 radical (unpaired) electrons. The number of aryl methyl sites for hydroxylation is 1. The van der Waals surface area contributed by atoms with E-state index in [2.05, 4.69) is 38.1 Å². The van der Waals surface area contributed by atoms with Gasteiger partial charge >= 0.3 is 0 Å². The molecular formula is C15H10BrN3OS. The predicted molar refractivity (Wildman–Crippen MR) is 87.3 cm³/mol. The summed E-state index contributed by atoms with van der Waals surface area (Å²) in [4.78, 5) is 5.21. The molecule has 4 aromatic rings. The number of halogens is 1. The zero-order valence-corrected chi connectivity index (χ0v) is 13.5. The van der Waals surface area contributed by atoms with Gasteiger partial charge in [-0.25, -0.2) is 9.50 Å². The van der Waals surface area contributed by atoms with E-state index in [0.29, 0.717) is 5.19 Å². The topological polar surface area (TPSA) is 39.4 Å². The summed E-state index contributed by atoms with van der Waals surface area (Å²) in [5.74, 6) is 0.776. The van der Waals surface area contributed by atoms with Gasteiger partial charge in [-0.1, -0.05) is 28.1 Å². The minimum Gasteiger partial charge on any atom is -0.430 e. The summed E-state index contributed by atoms with van der Waals surface area (Å²) < 4.78 is 8.65. The maximum atomic E-state index is 5.83. The number of ether oxygens (including phenoxy) is 1. The van der Waals surface area contributed by atoms with E-state index in [1.807, 2.05) is 37.4 Å². The van der Waals surface area contributed by atoms with E-state index in [4.69, 9.17) is 4.74 Å². The molecular weight excluding hydrogens is 350 g/mol. The van der Waals surface area contributed by atoms with Gasteiger partial charge in [-0.15, -0.1) is 5.10 Å². The van der Waals surface area contributed by atoms with Crippen LogP contribution >= 0.6 is 27.3 Å². The van der Waals surface area contributed by atoms with Crippen LogP contribution in [0.1, 0.15) is 5.69 Å². The molecule has 0 aliphatic carbocycles. The van der Waals surface area contributed by atoms with E-state index in [1.165, 1.54) is 16.7 Å². The Morgan fingerprint density at radius 1 is 1.14 bits per heavy atom. The van der Waals surface area contributed by atoms with Crippen LogP contribution < -0.4 is 4.74 Å². The second-order valence-electron chi connectivity index (χ2n) is 4.73. The Labute approximate surface area is 133 Å². The Kier molecular flexibility index (Phi) is 2.94. The largest absolute Gasteiger partial charge is 0.430 e. The van der Waals surface area contributed by atoms with Crippen molar-refractivity contribution in [1.29, 1.82) is 0 Å². The molecule has 0 spiro atoms. The molecule has 104 valence electrons. The lowest BCUT2D eigenvalue weighted by atomic mass is 10.1. The number of imidazole rings is 1. The maximum Gasteiger partial charge on any atom is 0.299 e. The number of nitrogens with zero attached hydrogens (tertiary/aromatic N) is 3. The van der Waals surface area contributed by atoms with Gasteiger partial charge in [0.1, 0.15) is 5.75 Å². The zero-order valence-electron chi connectivity index (χ0n) is 11.1. The Morgan fingerprint density at radius 3 is 2.81 bits per heavy atom. The fraction of sp³-hybridized carbons (Fsp3) is 0.0667. The molecule has 0 bridgehead atoms. The summed E-state index contributed by atoms with van der Waals surface area (Å²) in [7, 11) is 0. The third kappa shape index (κ3) is 2.41. The van der Waals surface area contributed by atoms with Gasteiger partial charge in [0.25, 0.3) is 5.19 Å². The molecule has 0 fully saturated rings. The lowest BCUT2D eigenvalue weighted by Gasteiger charge is -2.03. The average molecular weight is 360 g/mol. The molecule has 0 aliphatic rings. The van der Waals surface area contributed by atoms with Gasteiger partial charge in [-0.2, -0.15) is 0 Å². The molecule has 0 saturated heterocycles. The van der Waals surface area contributed by atoms with Gasteiger partial charge in [0.2, 0.25) is 4.96 Å². The van der Waals surface area contributed by atoms with Crippen LogP contribution in [0.2, 0.25) is 0 Å². The zero-order chi connectivity index (χ0) is 14.4. The van der Waals surface area contributed by atoms with Crippen LogP contribution in [-0.4, -0.2) is 14.6 Å². The van der Waals surface area contributed by atoms with Gasteiger partial charge in [-0.3, -0.25) is 0 Å². The number of fused-ring (bicyclic) bond motifs is 2. The maximum absolute atomic E-state index is 5.83. The van der Waals surface area contributed by atoms with Gasteiger partial charge < -0.3 is 4.74 Å². The molecule has 6 heteroatoms. The monoisotopic (exact) mass is 359 g/mol. The van der Waals surface area contributed by atoms with E-state index >= 15 is 0 Å². The summed E-state index contributed by atoms with van der Waals surface area (Å²) in [5.41, 5.74) is 0.955. The minimum atomic E-state index is 0.592. The fourth-order valence-corrected chi connectivity index (χ4v) is 3.37. The molecule has 2 aromatic carbocycles. The lowest BCUT2D eigenvalue weighted by Crippen LogP contribution is -1.86.